The minimum atomic E-state index is -0.376. The summed E-state index contributed by atoms with van der Waals surface area (Å²) in [5.41, 5.74) is -0.201. The first-order valence-electron chi connectivity index (χ1n) is 8.05. The molecule has 0 bridgehead atoms. The molecule has 0 aromatic rings. The molecule has 104 valence electrons. The van der Waals surface area contributed by atoms with E-state index in [-0.39, 0.29) is 11.2 Å². The fourth-order valence-corrected chi connectivity index (χ4v) is 4.72. The fraction of sp³-hybridized carbons (Fsp3) is 1.00. The number of hydrogen-bond donors (Lipinski definition) is 1. The lowest BCUT2D eigenvalue weighted by Crippen LogP contribution is -2.55. The van der Waals surface area contributed by atoms with Gasteiger partial charge >= 0.3 is 0 Å². The first-order valence-corrected chi connectivity index (χ1v) is 8.05. The van der Waals surface area contributed by atoms with Crippen LogP contribution in [0.5, 0.6) is 0 Å². The van der Waals surface area contributed by atoms with E-state index in [0.29, 0.717) is 11.8 Å². The van der Waals surface area contributed by atoms with Crippen molar-refractivity contribution < 1.29 is 9.84 Å². The van der Waals surface area contributed by atoms with Gasteiger partial charge in [0.2, 0.25) is 0 Å². The zero-order chi connectivity index (χ0) is 12.6. The fourth-order valence-electron chi connectivity index (χ4n) is 4.72. The number of aliphatic hydroxyl groups is 1. The van der Waals surface area contributed by atoms with Crippen LogP contribution in [0.25, 0.3) is 0 Å². The van der Waals surface area contributed by atoms with E-state index >= 15 is 0 Å². The Morgan fingerprint density at radius 3 is 2.61 bits per heavy atom. The topological polar surface area (TPSA) is 29.5 Å². The largest absolute Gasteiger partial charge is 0.389 e. The molecule has 18 heavy (non-hydrogen) atoms. The monoisotopic (exact) mass is 252 g/mol. The number of ether oxygens (including phenoxy) is 1. The van der Waals surface area contributed by atoms with Crippen LogP contribution < -0.4 is 0 Å². The van der Waals surface area contributed by atoms with Crippen LogP contribution in [-0.2, 0) is 4.74 Å². The molecule has 1 heterocycles. The predicted molar refractivity (Wildman–Crippen MR) is 72.5 cm³/mol. The first-order chi connectivity index (χ1) is 8.69. The van der Waals surface area contributed by atoms with Crippen molar-refractivity contribution >= 4 is 0 Å². The molecule has 3 fully saturated rings. The van der Waals surface area contributed by atoms with Crippen LogP contribution in [0.2, 0.25) is 0 Å². The van der Waals surface area contributed by atoms with Gasteiger partial charge in [-0.3, -0.25) is 0 Å². The number of rotatable bonds is 2. The molecule has 1 saturated heterocycles. The highest BCUT2D eigenvalue weighted by Gasteiger charge is 2.51. The molecule has 0 aromatic carbocycles. The molecule has 3 aliphatic rings. The summed E-state index contributed by atoms with van der Waals surface area (Å²) >= 11 is 0. The smallest absolute Gasteiger partial charge is 0.0705 e. The highest BCUT2D eigenvalue weighted by atomic mass is 16.5. The minimum absolute atomic E-state index is 0.175. The van der Waals surface area contributed by atoms with Crippen LogP contribution in [0.1, 0.15) is 71.1 Å². The third-order valence-electron chi connectivity index (χ3n) is 6.04. The summed E-state index contributed by atoms with van der Waals surface area (Å²) in [7, 11) is 0. The molecule has 2 heteroatoms. The van der Waals surface area contributed by atoms with Gasteiger partial charge in [-0.05, 0) is 56.8 Å². The second-order valence-corrected chi connectivity index (χ2v) is 6.92. The molecule has 0 amide bonds. The zero-order valence-electron chi connectivity index (χ0n) is 11.8. The van der Waals surface area contributed by atoms with Gasteiger partial charge in [0.1, 0.15) is 0 Å². The molecule has 1 aliphatic heterocycles. The van der Waals surface area contributed by atoms with Crippen molar-refractivity contribution in [3.8, 4) is 0 Å². The zero-order valence-corrected chi connectivity index (χ0v) is 11.8. The van der Waals surface area contributed by atoms with Gasteiger partial charge in [-0.1, -0.05) is 26.2 Å². The Bertz CT molecular complexity index is 297. The molecule has 3 rings (SSSR count). The maximum absolute atomic E-state index is 11.3. The molecule has 0 radical (unpaired) electrons. The van der Waals surface area contributed by atoms with E-state index in [1.807, 2.05) is 0 Å². The van der Waals surface area contributed by atoms with E-state index in [4.69, 9.17) is 4.74 Å². The van der Waals surface area contributed by atoms with Crippen LogP contribution in [-0.4, -0.2) is 22.9 Å². The second kappa shape index (κ2) is 4.79. The average Bonchev–Trinajstić information content (AvgIpc) is 2.37. The average molecular weight is 252 g/mol. The lowest BCUT2D eigenvalue weighted by atomic mass is 9.61. The normalized spacial score (nSPS) is 43.7. The Balaban J connectivity index is 1.74. The van der Waals surface area contributed by atoms with Gasteiger partial charge < -0.3 is 9.84 Å². The van der Waals surface area contributed by atoms with Crippen molar-refractivity contribution in [1.29, 1.82) is 0 Å². The Kier molecular flexibility index (Phi) is 3.44. The van der Waals surface area contributed by atoms with Crippen LogP contribution in [0.15, 0.2) is 0 Å². The Morgan fingerprint density at radius 2 is 1.94 bits per heavy atom. The Labute approximate surface area is 111 Å². The summed E-state index contributed by atoms with van der Waals surface area (Å²) in [6.07, 6.45) is 11.9. The van der Waals surface area contributed by atoms with E-state index in [0.717, 1.165) is 32.3 Å². The molecule has 2 saturated carbocycles. The van der Waals surface area contributed by atoms with E-state index < -0.39 is 0 Å². The summed E-state index contributed by atoms with van der Waals surface area (Å²) in [6, 6.07) is 0. The first kappa shape index (κ1) is 12.9. The quantitative estimate of drug-likeness (QED) is 0.812. The van der Waals surface area contributed by atoms with Gasteiger partial charge in [0.25, 0.3) is 0 Å². The van der Waals surface area contributed by atoms with Crippen molar-refractivity contribution in [2.75, 3.05) is 6.61 Å². The number of hydrogen-bond acceptors (Lipinski definition) is 2. The maximum atomic E-state index is 11.3. The summed E-state index contributed by atoms with van der Waals surface area (Å²) < 4.78 is 6.03. The van der Waals surface area contributed by atoms with E-state index in [1.165, 1.54) is 38.5 Å². The van der Waals surface area contributed by atoms with Crippen molar-refractivity contribution in [3.05, 3.63) is 0 Å². The molecule has 1 spiro atoms. The van der Waals surface area contributed by atoms with Crippen molar-refractivity contribution in [2.45, 2.75) is 82.3 Å². The van der Waals surface area contributed by atoms with Gasteiger partial charge in [0.05, 0.1) is 11.2 Å². The maximum Gasteiger partial charge on any atom is 0.0705 e. The van der Waals surface area contributed by atoms with E-state index in [2.05, 4.69) is 6.92 Å². The summed E-state index contributed by atoms with van der Waals surface area (Å²) in [5.74, 6) is 1.03. The minimum Gasteiger partial charge on any atom is -0.389 e. The van der Waals surface area contributed by atoms with Gasteiger partial charge in [-0.15, -0.1) is 0 Å². The van der Waals surface area contributed by atoms with Crippen molar-refractivity contribution in [2.24, 2.45) is 11.8 Å². The van der Waals surface area contributed by atoms with Crippen molar-refractivity contribution in [3.63, 3.8) is 0 Å². The third-order valence-corrected chi connectivity index (χ3v) is 6.04. The van der Waals surface area contributed by atoms with Crippen molar-refractivity contribution in [1.82, 2.24) is 0 Å². The van der Waals surface area contributed by atoms with Crippen LogP contribution in [0.3, 0.4) is 0 Å². The summed E-state index contributed by atoms with van der Waals surface area (Å²) in [5, 5.41) is 11.3. The molecule has 3 unspecified atom stereocenters. The van der Waals surface area contributed by atoms with Gasteiger partial charge in [-0.2, -0.15) is 0 Å². The molecule has 2 nitrogen and oxygen atoms in total. The van der Waals surface area contributed by atoms with E-state index in [1.54, 1.807) is 0 Å². The van der Waals surface area contributed by atoms with E-state index in [9.17, 15) is 5.11 Å². The molecule has 1 N–H and O–H groups in total. The second-order valence-electron chi connectivity index (χ2n) is 6.92. The van der Waals surface area contributed by atoms with Crippen LogP contribution in [0.4, 0.5) is 0 Å². The molecule has 3 atom stereocenters. The molecule has 2 aliphatic carbocycles. The highest BCUT2D eigenvalue weighted by molar-refractivity contribution is 5.02. The SMILES string of the molecule is CCC1CCCCC1(O)C1CCOC2(CCC2)C1. The van der Waals surface area contributed by atoms with Gasteiger partial charge in [0.15, 0.2) is 0 Å². The lowest BCUT2D eigenvalue weighted by molar-refractivity contribution is -0.193. The summed E-state index contributed by atoms with van der Waals surface area (Å²) in [6.45, 7) is 3.13. The molecule has 0 aromatic heterocycles. The van der Waals surface area contributed by atoms with Gasteiger partial charge in [0, 0.05) is 6.61 Å². The Hall–Kier alpha value is -0.0800. The molecular formula is C16H28O2. The van der Waals surface area contributed by atoms with Gasteiger partial charge in [-0.25, -0.2) is 0 Å². The van der Waals surface area contributed by atoms with Crippen LogP contribution in [0, 0.1) is 11.8 Å². The predicted octanol–water partition coefficient (Wildman–Crippen LogP) is 3.67. The highest BCUT2D eigenvalue weighted by Crippen LogP contribution is 2.51. The standard InChI is InChI=1S/C16H28O2/c1-2-13-6-3-4-10-16(13,17)14-7-11-18-15(12-14)8-5-9-15/h13-14,17H,2-12H2,1H3. The summed E-state index contributed by atoms with van der Waals surface area (Å²) in [4.78, 5) is 0. The molecular weight excluding hydrogens is 224 g/mol. The Morgan fingerprint density at radius 1 is 1.11 bits per heavy atom. The third kappa shape index (κ3) is 2.02. The van der Waals surface area contributed by atoms with Crippen LogP contribution >= 0.6 is 0 Å². The lowest BCUT2D eigenvalue weighted by Gasteiger charge is -2.53.